The van der Waals surface area contributed by atoms with E-state index < -0.39 is 0 Å². The number of H-pyrrole nitrogens is 1. The molecule has 0 spiro atoms. The van der Waals surface area contributed by atoms with Crippen LogP contribution in [0.25, 0.3) is 0 Å². The van der Waals surface area contributed by atoms with Crippen LogP contribution in [0.2, 0.25) is 0 Å². The second-order valence-corrected chi connectivity index (χ2v) is 5.57. The zero-order valence-corrected chi connectivity index (χ0v) is 12.3. The fraction of sp³-hybridized carbons (Fsp3) is 0.714. The summed E-state index contributed by atoms with van der Waals surface area (Å²) in [6.45, 7) is 12.1. The smallest absolute Gasteiger partial charge is 0.254 e. The molecule has 0 amide bonds. The number of aryl methyl sites for hydroxylation is 1. The Morgan fingerprint density at radius 3 is 2.37 bits per heavy atom. The first-order valence-corrected chi connectivity index (χ1v) is 7.06. The summed E-state index contributed by atoms with van der Waals surface area (Å²) in [7, 11) is 0. The van der Waals surface area contributed by atoms with Crippen LogP contribution in [0.15, 0.2) is 4.79 Å². The number of nitrogens with one attached hydrogen (secondary N) is 2. The van der Waals surface area contributed by atoms with E-state index in [1.165, 1.54) is 0 Å². The van der Waals surface area contributed by atoms with E-state index in [9.17, 15) is 4.79 Å². The van der Waals surface area contributed by atoms with Gasteiger partial charge in [0.25, 0.3) is 5.56 Å². The van der Waals surface area contributed by atoms with Crippen LogP contribution in [-0.2, 0) is 0 Å². The average molecular weight is 264 g/mol. The average Bonchev–Trinajstić information content (AvgIpc) is 2.37. The monoisotopic (exact) mass is 264 g/mol. The molecule has 5 heteroatoms. The molecule has 0 aliphatic carbocycles. The van der Waals surface area contributed by atoms with Gasteiger partial charge in [-0.15, -0.1) is 0 Å². The fourth-order valence-corrected chi connectivity index (χ4v) is 2.74. The largest absolute Gasteiger partial charge is 0.314 e. The van der Waals surface area contributed by atoms with Gasteiger partial charge in [0.05, 0.1) is 6.04 Å². The molecule has 1 aliphatic heterocycles. The minimum atomic E-state index is 0.0134. The summed E-state index contributed by atoms with van der Waals surface area (Å²) in [5.41, 5.74) is 1.67. The molecule has 0 saturated carbocycles. The number of aromatic amines is 1. The highest BCUT2D eigenvalue weighted by Gasteiger charge is 2.21. The molecule has 1 aliphatic rings. The van der Waals surface area contributed by atoms with Crippen LogP contribution in [0.1, 0.15) is 49.8 Å². The Morgan fingerprint density at radius 2 is 1.84 bits per heavy atom. The van der Waals surface area contributed by atoms with Crippen LogP contribution < -0.4 is 10.9 Å². The van der Waals surface area contributed by atoms with Crippen molar-refractivity contribution >= 4 is 0 Å². The van der Waals surface area contributed by atoms with Crippen LogP contribution in [0.3, 0.4) is 0 Å². The maximum absolute atomic E-state index is 12.2. The summed E-state index contributed by atoms with van der Waals surface area (Å²) in [4.78, 5) is 22.1. The van der Waals surface area contributed by atoms with E-state index in [0.717, 1.165) is 43.3 Å². The second-order valence-electron chi connectivity index (χ2n) is 5.57. The van der Waals surface area contributed by atoms with E-state index in [2.05, 4.69) is 27.1 Å². The van der Waals surface area contributed by atoms with E-state index in [1.54, 1.807) is 0 Å². The minimum Gasteiger partial charge on any atom is -0.314 e. The number of hydrogen-bond acceptors (Lipinski definition) is 4. The van der Waals surface area contributed by atoms with Crippen molar-refractivity contribution in [2.45, 2.75) is 39.7 Å². The molecule has 2 heterocycles. The lowest BCUT2D eigenvalue weighted by Gasteiger charge is -2.32. The zero-order chi connectivity index (χ0) is 14.0. The van der Waals surface area contributed by atoms with Gasteiger partial charge in [0.1, 0.15) is 5.82 Å². The van der Waals surface area contributed by atoms with Gasteiger partial charge < -0.3 is 10.3 Å². The Hall–Kier alpha value is -1.20. The van der Waals surface area contributed by atoms with Crippen LogP contribution in [-0.4, -0.2) is 41.0 Å². The van der Waals surface area contributed by atoms with Crippen molar-refractivity contribution < 1.29 is 0 Å². The first kappa shape index (κ1) is 14.2. The molecule has 106 valence electrons. The Bertz CT molecular complexity index is 489. The molecule has 1 saturated heterocycles. The highest BCUT2D eigenvalue weighted by atomic mass is 16.1. The third-order valence-corrected chi connectivity index (χ3v) is 3.84. The number of aromatic nitrogens is 2. The molecule has 0 aromatic carbocycles. The lowest BCUT2D eigenvalue weighted by atomic mass is 10.0. The lowest BCUT2D eigenvalue weighted by molar-refractivity contribution is 0.178. The van der Waals surface area contributed by atoms with Crippen LogP contribution in [0.5, 0.6) is 0 Å². The molecule has 2 N–H and O–H groups in total. The van der Waals surface area contributed by atoms with Crippen molar-refractivity contribution in [1.29, 1.82) is 0 Å². The molecule has 19 heavy (non-hydrogen) atoms. The number of piperazine rings is 1. The maximum Gasteiger partial charge on any atom is 0.254 e. The molecule has 1 unspecified atom stereocenters. The van der Waals surface area contributed by atoms with Gasteiger partial charge in [-0.1, -0.05) is 13.8 Å². The molecule has 2 rings (SSSR count). The summed E-state index contributed by atoms with van der Waals surface area (Å²) in [5.74, 6) is 0.994. The second kappa shape index (κ2) is 5.84. The molecular formula is C14H24N4O. The quantitative estimate of drug-likeness (QED) is 0.860. The van der Waals surface area contributed by atoms with Crippen molar-refractivity contribution in [1.82, 2.24) is 20.2 Å². The predicted molar refractivity (Wildman–Crippen MR) is 76.5 cm³/mol. The van der Waals surface area contributed by atoms with Gasteiger partial charge in [0, 0.05) is 37.4 Å². The first-order chi connectivity index (χ1) is 9.00. The molecule has 1 atom stereocenters. The number of rotatable bonds is 3. The Balaban J connectivity index is 2.28. The van der Waals surface area contributed by atoms with Crippen molar-refractivity contribution in [3.05, 3.63) is 27.4 Å². The van der Waals surface area contributed by atoms with E-state index in [0.29, 0.717) is 0 Å². The molecule has 0 radical (unpaired) electrons. The summed E-state index contributed by atoms with van der Waals surface area (Å²) in [6.07, 6.45) is 0. The third-order valence-electron chi connectivity index (χ3n) is 3.84. The first-order valence-electron chi connectivity index (χ1n) is 7.06. The highest BCUT2D eigenvalue weighted by molar-refractivity contribution is 5.20. The van der Waals surface area contributed by atoms with Gasteiger partial charge in [-0.3, -0.25) is 9.69 Å². The Kier molecular flexibility index (Phi) is 4.37. The van der Waals surface area contributed by atoms with Gasteiger partial charge in [-0.25, -0.2) is 4.98 Å². The SMILES string of the molecule is Cc1nc(C(C)N2CCNCC2)[nH]c(=O)c1C(C)C. The molecule has 1 aromatic heterocycles. The number of hydrogen-bond donors (Lipinski definition) is 2. The predicted octanol–water partition coefficient (Wildman–Crippen LogP) is 1.17. The van der Waals surface area contributed by atoms with Crippen LogP contribution in [0, 0.1) is 6.92 Å². The normalized spacial score (nSPS) is 18.8. The van der Waals surface area contributed by atoms with Crippen molar-refractivity contribution in [3.8, 4) is 0 Å². The van der Waals surface area contributed by atoms with Gasteiger partial charge in [-0.2, -0.15) is 0 Å². The van der Waals surface area contributed by atoms with E-state index >= 15 is 0 Å². The van der Waals surface area contributed by atoms with Gasteiger partial charge in [-0.05, 0) is 19.8 Å². The summed E-state index contributed by atoms with van der Waals surface area (Å²) in [5, 5.41) is 3.33. The molecule has 5 nitrogen and oxygen atoms in total. The zero-order valence-electron chi connectivity index (χ0n) is 12.3. The molecule has 0 bridgehead atoms. The van der Waals surface area contributed by atoms with E-state index in [-0.39, 0.29) is 17.5 Å². The van der Waals surface area contributed by atoms with Crippen molar-refractivity contribution in [2.75, 3.05) is 26.2 Å². The molecular weight excluding hydrogens is 240 g/mol. The summed E-state index contributed by atoms with van der Waals surface area (Å²) < 4.78 is 0. The highest BCUT2D eigenvalue weighted by Crippen LogP contribution is 2.18. The van der Waals surface area contributed by atoms with Gasteiger partial charge in [0.2, 0.25) is 0 Å². The van der Waals surface area contributed by atoms with Crippen molar-refractivity contribution in [2.24, 2.45) is 0 Å². The van der Waals surface area contributed by atoms with Crippen LogP contribution >= 0.6 is 0 Å². The Labute approximate surface area is 114 Å². The summed E-state index contributed by atoms with van der Waals surface area (Å²) >= 11 is 0. The summed E-state index contributed by atoms with van der Waals surface area (Å²) in [6, 6.07) is 0.162. The van der Waals surface area contributed by atoms with E-state index in [4.69, 9.17) is 0 Å². The maximum atomic E-state index is 12.2. The van der Waals surface area contributed by atoms with Gasteiger partial charge >= 0.3 is 0 Å². The van der Waals surface area contributed by atoms with Crippen LogP contribution in [0.4, 0.5) is 0 Å². The lowest BCUT2D eigenvalue weighted by Crippen LogP contribution is -2.45. The van der Waals surface area contributed by atoms with E-state index in [1.807, 2.05) is 20.8 Å². The van der Waals surface area contributed by atoms with Gasteiger partial charge in [0.15, 0.2) is 0 Å². The minimum absolute atomic E-state index is 0.0134. The molecule has 1 aromatic rings. The van der Waals surface area contributed by atoms with Crippen molar-refractivity contribution in [3.63, 3.8) is 0 Å². The Morgan fingerprint density at radius 1 is 1.21 bits per heavy atom. The standard InChI is InChI=1S/C14H24N4O/c1-9(2)12-10(3)16-13(17-14(12)19)11(4)18-7-5-15-6-8-18/h9,11,15H,5-8H2,1-4H3,(H,16,17,19). The topological polar surface area (TPSA) is 61.0 Å². The fourth-order valence-electron chi connectivity index (χ4n) is 2.74. The third kappa shape index (κ3) is 3.04. The molecule has 1 fully saturated rings. The number of nitrogens with zero attached hydrogens (tertiary/aromatic N) is 2.